The van der Waals surface area contributed by atoms with E-state index in [2.05, 4.69) is 5.32 Å². The van der Waals surface area contributed by atoms with Gasteiger partial charge in [-0.3, -0.25) is 14.9 Å². The fraction of sp³-hybridized carbons (Fsp3) is 0.385. The van der Waals surface area contributed by atoms with Gasteiger partial charge in [0, 0.05) is 43.8 Å². The predicted octanol–water partition coefficient (Wildman–Crippen LogP) is 0.958. The van der Waals surface area contributed by atoms with Gasteiger partial charge in [-0.05, 0) is 6.07 Å². The number of nitro benzene ring substituents is 1. The van der Waals surface area contributed by atoms with Crippen LogP contribution in [0.5, 0.6) is 0 Å². The first kappa shape index (κ1) is 14.9. The van der Waals surface area contributed by atoms with Crippen LogP contribution in [0, 0.1) is 10.1 Å². The van der Waals surface area contributed by atoms with E-state index in [4.69, 9.17) is 4.74 Å². The summed E-state index contributed by atoms with van der Waals surface area (Å²) in [5.41, 5.74) is -1.56. The SMILES string of the molecule is O=C(NC1(C(=O)O)CCOCC1)c1cccc([N+](=O)[O-])c1. The van der Waals surface area contributed by atoms with Crippen LogP contribution in [-0.4, -0.2) is 40.7 Å². The summed E-state index contributed by atoms with van der Waals surface area (Å²) in [5.74, 6) is -1.78. The Labute approximate surface area is 119 Å². The monoisotopic (exact) mass is 294 g/mol. The normalized spacial score (nSPS) is 17.0. The van der Waals surface area contributed by atoms with Crippen molar-refractivity contribution in [2.45, 2.75) is 18.4 Å². The number of carboxylic acids is 1. The van der Waals surface area contributed by atoms with E-state index >= 15 is 0 Å². The number of non-ortho nitro benzene ring substituents is 1. The minimum Gasteiger partial charge on any atom is -0.480 e. The van der Waals surface area contributed by atoms with Crippen molar-refractivity contribution in [1.29, 1.82) is 0 Å². The molecule has 1 aliphatic heterocycles. The van der Waals surface area contributed by atoms with Crippen LogP contribution in [-0.2, 0) is 9.53 Å². The van der Waals surface area contributed by atoms with Crippen molar-refractivity contribution in [2.75, 3.05) is 13.2 Å². The molecule has 0 saturated carbocycles. The number of hydrogen-bond donors (Lipinski definition) is 2. The maximum atomic E-state index is 12.2. The molecule has 21 heavy (non-hydrogen) atoms. The van der Waals surface area contributed by atoms with E-state index in [0.717, 1.165) is 6.07 Å². The number of nitrogens with one attached hydrogen (secondary N) is 1. The van der Waals surface area contributed by atoms with E-state index in [9.17, 15) is 24.8 Å². The first-order valence-corrected chi connectivity index (χ1v) is 6.33. The van der Waals surface area contributed by atoms with Gasteiger partial charge in [0.05, 0.1) is 4.92 Å². The van der Waals surface area contributed by atoms with E-state index in [1.165, 1.54) is 18.2 Å². The maximum Gasteiger partial charge on any atom is 0.329 e. The summed E-state index contributed by atoms with van der Waals surface area (Å²) < 4.78 is 5.11. The molecule has 8 heteroatoms. The number of benzene rings is 1. The van der Waals surface area contributed by atoms with Gasteiger partial charge in [-0.15, -0.1) is 0 Å². The van der Waals surface area contributed by atoms with Crippen LogP contribution in [0.4, 0.5) is 5.69 Å². The molecule has 1 fully saturated rings. The summed E-state index contributed by atoms with van der Waals surface area (Å²) in [7, 11) is 0. The molecule has 0 unspecified atom stereocenters. The van der Waals surface area contributed by atoms with Crippen molar-refractivity contribution < 1.29 is 24.4 Å². The number of carbonyl (C=O) groups excluding carboxylic acids is 1. The number of ether oxygens (including phenoxy) is 1. The highest BCUT2D eigenvalue weighted by Gasteiger charge is 2.41. The number of hydrogen-bond acceptors (Lipinski definition) is 5. The van der Waals surface area contributed by atoms with E-state index < -0.39 is 22.3 Å². The fourth-order valence-electron chi connectivity index (χ4n) is 2.16. The minimum atomic E-state index is -1.39. The molecule has 0 aliphatic carbocycles. The highest BCUT2D eigenvalue weighted by atomic mass is 16.6. The van der Waals surface area contributed by atoms with Gasteiger partial charge >= 0.3 is 5.97 Å². The quantitative estimate of drug-likeness (QED) is 0.630. The lowest BCUT2D eigenvalue weighted by Crippen LogP contribution is -2.57. The van der Waals surface area contributed by atoms with Crippen molar-refractivity contribution in [3.63, 3.8) is 0 Å². The van der Waals surface area contributed by atoms with Gasteiger partial charge in [0.2, 0.25) is 0 Å². The number of carboxylic acid groups (broad SMARTS) is 1. The van der Waals surface area contributed by atoms with Crippen LogP contribution in [0.15, 0.2) is 24.3 Å². The minimum absolute atomic E-state index is 0.0521. The summed E-state index contributed by atoms with van der Waals surface area (Å²) in [6.07, 6.45) is 0.312. The second kappa shape index (κ2) is 5.88. The Morgan fingerprint density at radius 3 is 2.57 bits per heavy atom. The van der Waals surface area contributed by atoms with Crippen molar-refractivity contribution in [1.82, 2.24) is 5.32 Å². The first-order valence-electron chi connectivity index (χ1n) is 6.33. The van der Waals surface area contributed by atoms with Gasteiger partial charge in [-0.1, -0.05) is 6.07 Å². The number of rotatable bonds is 4. The van der Waals surface area contributed by atoms with E-state index in [1.807, 2.05) is 0 Å². The molecule has 0 aromatic heterocycles. The molecule has 1 aromatic carbocycles. The molecular weight excluding hydrogens is 280 g/mol. The molecule has 0 atom stereocenters. The van der Waals surface area contributed by atoms with E-state index in [-0.39, 0.29) is 37.3 Å². The number of aliphatic carboxylic acids is 1. The summed E-state index contributed by atoms with van der Waals surface area (Å²) in [4.78, 5) is 33.7. The topological polar surface area (TPSA) is 119 Å². The van der Waals surface area contributed by atoms with Crippen LogP contribution in [0.2, 0.25) is 0 Å². The average molecular weight is 294 g/mol. The Balaban J connectivity index is 2.21. The lowest BCUT2D eigenvalue weighted by molar-refractivity contribution is -0.384. The second-order valence-electron chi connectivity index (χ2n) is 4.76. The second-order valence-corrected chi connectivity index (χ2v) is 4.76. The lowest BCUT2D eigenvalue weighted by Gasteiger charge is -2.33. The molecule has 2 rings (SSSR count). The van der Waals surface area contributed by atoms with Crippen molar-refractivity contribution in [2.24, 2.45) is 0 Å². The van der Waals surface area contributed by atoms with Gasteiger partial charge < -0.3 is 15.2 Å². The van der Waals surface area contributed by atoms with E-state index in [1.54, 1.807) is 0 Å². The molecule has 1 aliphatic rings. The highest BCUT2D eigenvalue weighted by molar-refractivity contribution is 5.98. The number of nitro groups is 1. The third-order valence-corrected chi connectivity index (χ3v) is 3.43. The molecule has 1 saturated heterocycles. The van der Waals surface area contributed by atoms with Crippen molar-refractivity contribution in [3.8, 4) is 0 Å². The number of nitrogens with zero attached hydrogens (tertiary/aromatic N) is 1. The van der Waals surface area contributed by atoms with E-state index in [0.29, 0.717) is 0 Å². The van der Waals surface area contributed by atoms with Gasteiger partial charge in [0.15, 0.2) is 0 Å². The molecule has 0 bridgehead atoms. The standard InChI is InChI=1S/C13H14N2O6/c16-11(9-2-1-3-10(8-9)15(19)20)14-13(12(17)18)4-6-21-7-5-13/h1-3,8H,4-7H2,(H,14,16)(H,17,18). The predicted molar refractivity (Wildman–Crippen MR) is 71.0 cm³/mol. The Morgan fingerprint density at radius 1 is 1.33 bits per heavy atom. The Hall–Kier alpha value is -2.48. The van der Waals surface area contributed by atoms with Crippen molar-refractivity contribution >= 4 is 17.6 Å². The summed E-state index contributed by atoms with van der Waals surface area (Å²) >= 11 is 0. The molecule has 0 spiro atoms. The molecule has 8 nitrogen and oxygen atoms in total. The molecule has 2 N–H and O–H groups in total. The average Bonchev–Trinajstić information content (AvgIpc) is 2.48. The van der Waals surface area contributed by atoms with Crippen LogP contribution in [0.25, 0.3) is 0 Å². The smallest absolute Gasteiger partial charge is 0.329 e. The fourth-order valence-corrected chi connectivity index (χ4v) is 2.16. The third kappa shape index (κ3) is 3.16. The van der Waals surface area contributed by atoms with Crippen LogP contribution >= 0.6 is 0 Å². The Morgan fingerprint density at radius 2 is 2.00 bits per heavy atom. The van der Waals surface area contributed by atoms with Gasteiger partial charge in [-0.2, -0.15) is 0 Å². The third-order valence-electron chi connectivity index (χ3n) is 3.43. The van der Waals surface area contributed by atoms with Gasteiger partial charge in [0.1, 0.15) is 5.54 Å². The Bertz CT molecular complexity index is 580. The molecule has 0 radical (unpaired) electrons. The van der Waals surface area contributed by atoms with Gasteiger partial charge in [-0.25, -0.2) is 4.79 Å². The molecule has 1 aromatic rings. The number of carbonyl (C=O) groups is 2. The summed E-state index contributed by atoms with van der Waals surface area (Å²) in [6, 6.07) is 5.16. The molecule has 112 valence electrons. The number of amides is 1. The zero-order valence-electron chi connectivity index (χ0n) is 11.1. The molecule has 1 heterocycles. The summed E-state index contributed by atoms with van der Waals surface area (Å²) in [6.45, 7) is 0.475. The van der Waals surface area contributed by atoms with Gasteiger partial charge in [0.25, 0.3) is 11.6 Å². The summed E-state index contributed by atoms with van der Waals surface area (Å²) in [5, 5.41) is 22.5. The zero-order valence-corrected chi connectivity index (χ0v) is 11.1. The first-order chi connectivity index (χ1) is 9.94. The van der Waals surface area contributed by atoms with Crippen molar-refractivity contribution in [3.05, 3.63) is 39.9 Å². The molecular formula is C13H14N2O6. The molecule has 1 amide bonds. The zero-order chi connectivity index (χ0) is 15.5. The van der Waals surface area contributed by atoms with Crippen LogP contribution < -0.4 is 5.32 Å². The highest BCUT2D eigenvalue weighted by Crippen LogP contribution is 2.22. The van der Waals surface area contributed by atoms with Crippen LogP contribution in [0.3, 0.4) is 0 Å². The maximum absolute atomic E-state index is 12.2. The lowest BCUT2D eigenvalue weighted by atomic mass is 9.89. The largest absolute Gasteiger partial charge is 0.480 e. The van der Waals surface area contributed by atoms with Crippen LogP contribution in [0.1, 0.15) is 23.2 Å². The Kier molecular flexibility index (Phi) is 4.18.